The number of halogens is 1. The zero-order valence-corrected chi connectivity index (χ0v) is 22.3. The predicted octanol–water partition coefficient (Wildman–Crippen LogP) is 4.79. The zero-order valence-electron chi connectivity index (χ0n) is 20.7. The number of benzene rings is 3. The number of carbonyl (C=O) groups is 3. The fraction of sp³-hybridized carbons (Fsp3) is 0.172. The van der Waals surface area contributed by atoms with E-state index in [4.69, 9.17) is 0 Å². The van der Waals surface area contributed by atoms with Crippen molar-refractivity contribution in [2.45, 2.75) is 29.7 Å². The summed E-state index contributed by atoms with van der Waals surface area (Å²) in [6.45, 7) is 1.65. The first-order valence-corrected chi connectivity index (χ1v) is 14.0. The summed E-state index contributed by atoms with van der Waals surface area (Å²) in [5.41, 5.74) is 2.75. The number of aryl methyl sites for hydroxylation is 1. The molecule has 3 atom stereocenters. The SMILES string of the molecule is Cc1ccc(N2C(=O)C3Sc4c(sc(=O)n4CC(=O)Nc4ccc(F)cc4)C(c4ccccc4)C3C2=O)cc1. The van der Waals surface area contributed by atoms with E-state index < -0.39 is 28.8 Å². The van der Waals surface area contributed by atoms with Crippen molar-refractivity contribution in [1.29, 1.82) is 0 Å². The maximum Gasteiger partial charge on any atom is 0.308 e. The number of aromatic nitrogens is 1. The van der Waals surface area contributed by atoms with Crippen LogP contribution >= 0.6 is 23.1 Å². The van der Waals surface area contributed by atoms with Crippen LogP contribution in [0.1, 0.15) is 21.9 Å². The monoisotopic (exact) mass is 559 g/mol. The van der Waals surface area contributed by atoms with Crippen molar-refractivity contribution in [3.8, 4) is 0 Å². The number of nitrogens with one attached hydrogen (secondary N) is 1. The summed E-state index contributed by atoms with van der Waals surface area (Å²) in [5.74, 6) is -2.74. The molecule has 2 aliphatic rings. The number of rotatable bonds is 5. The van der Waals surface area contributed by atoms with Crippen LogP contribution in [0.3, 0.4) is 0 Å². The van der Waals surface area contributed by atoms with Gasteiger partial charge in [-0.2, -0.15) is 0 Å². The number of nitrogens with zero attached hydrogens (tertiary/aromatic N) is 2. The van der Waals surface area contributed by atoms with Crippen molar-refractivity contribution in [3.63, 3.8) is 0 Å². The van der Waals surface area contributed by atoms with E-state index in [1.807, 2.05) is 49.4 Å². The summed E-state index contributed by atoms with van der Waals surface area (Å²) in [7, 11) is 0. The van der Waals surface area contributed by atoms with Crippen LogP contribution in [0.4, 0.5) is 15.8 Å². The quantitative estimate of drug-likeness (QED) is 0.355. The Balaban J connectivity index is 1.39. The van der Waals surface area contributed by atoms with E-state index in [9.17, 15) is 23.6 Å². The van der Waals surface area contributed by atoms with Crippen LogP contribution in [-0.2, 0) is 20.9 Å². The largest absolute Gasteiger partial charge is 0.325 e. The van der Waals surface area contributed by atoms with Crippen molar-refractivity contribution in [1.82, 2.24) is 4.57 Å². The van der Waals surface area contributed by atoms with Crippen LogP contribution < -0.4 is 15.1 Å². The van der Waals surface area contributed by atoms with Gasteiger partial charge in [0.2, 0.25) is 17.7 Å². The molecule has 1 saturated heterocycles. The third kappa shape index (κ3) is 4.49. The van der Waals surface area contributed by atoms with Crippen molar-refractivity contribution in [3.05, 3.63) is 110 Å². The molecular formula is C29H22FN3O4S2. The van der Waals surface area contributed by atoms with Crippen LogP contribution in [0, 0.1) is 18.7 Å². The predicted molar refractivity (Wildman–Crippen MR) is 149 cm³/mol. The number of hydrogen-bond acceptors (Lipinski definition) is 6. The van der Waals surface area contributed by atoms with E-state index in [1.165, 1.54) is 45.5 Å². The maximum absolute atomic E-state index is 13.8. The molecule has 2 aliphatic heterocycles. The Hall–Kier alpha value is -4.02. The smallest absolute Gasteiger partial charge is 0.308 e. The van der Waals surface area contributed by atoms with Gasteiger partial charge in [-0.05, 0) is 48.9 Å². The van der Waals surface area contributed by atoms with Gasteiger partial charge in [0.25, 0.3) is 0 Å². The normalized spacial score (nSPS) is 20.1. The van der Waals surface area contributed by atoms with Gasteiger partial charge in [-0.25, -0.2) is 9.29 Å². The fourth-order valence-corrected chi connectivity index (χ4v) is 7.87. The highest BCUT2D eigenvalue weighted by Gasteiger charge is 2.56. The Morgan fingerprint density at radius 2 is 1.62 bits per heavy atom. The van der Waals surface area contributed by atoms with Crippen LogP contribution in [0.5, 0.6) is 0 Å². The zero-order chi connectivity index (χ0) is 27.3. The van der Waals surface area contributed by atoms with E-state index >= 15 is 0 Å². The molecule has 1 aromatic heterocycles. The molecule has 0 bridgehead atoms. The van der Waals surface area contributed by atoms with Gasteiger partial charge < -0.3 is 5.32 Å². The summed E-state index contributed by atoms with van der Waals surface area (Å²) in [5, 5.41) is 2.44. The highest BCUT2D eigenvalue weighted by molar-refractivity contribution is 8.00. The van der Waals surface area contributed by atoms with Gasteiger partial charge in [-0.15, -0.1) is 0 Å². The third-order valence-corrected chi connectivity index (χ3v) is 9.53. The van der Waals surface area contributed by atoms with E-state index in [-0.39, 0.29) is 23.2 Å². The average molecular weight is 560 g/mol. The molecule has 3 heterocycles. The van der Waals surface area contributed by atoms with E-state index in [0.717, 1.165) is 22.5 Å². The first-order chi connectivity index (χ1) is 18.8. The first kappa shape index (κ1) is 25.3. The first-order valence-electron chi connectivity index (χ1n) is 12.3. The lowest BCUT2D eigenvalue weighted by atomic mass is 9.83. The van der Waals surface area contributed by atoms with Crippen LogP contribution in [-0.4, -0.2) is 27.5 Å². The van der Waals surface area contributed by atoms with Crippen LogP contribution in [0.15, 0.2) is 88.7 Å². The number of imide groups is 1. The molecule has 0 radical (unpaired) electrons. The Morgan fingerprint density at radius 1 is 0.923 bits per heavy atom. The molecule has 0 spiro atoms. The topological polar surface area (TPSA) is 88.5 Å². The second kappa shape index (κ2) is 9.94. The molecule has 4 aromatic rings. The number of carbonyl (C=O) groups excluding carboxylic acids is 3. The Morgan fingerprint density at radius 3 is 2.31 bits per heavy atom. The van der Waals surface area contributed by atoms with E-state index in [1.54, 1.807) is 12.1 Å². The molecule has 6 rings (SSSR count). The average Bonchev–Trinajstić information content (AvgIpc) is 3.37. The van der Waals surface area contributed by atoms with Gasteiger partial charge in [0.1, 0.15) is 17.6 Å². The number of fused-ring (bicyclic) bond motifs is 2. The second-order valence-corrected chi connectivity index (χ2v) is 11.6. The molecule has 1 N–H and O–H groups in total. The number of anilines is 2. The molecule has 1 fully saturated rings. The van der Waals surface area contributed by atoms with Gasteiger partial charge in [-0.1, -0.05) is 71.1 Å². The molecular weight excluding hydrogens is 537 g/mol. The molecule has 0 saturated carbocycles. The summed E-state index contributed by atoms with van der Waals surface area (Å²) in [4.78, 5) is 55.2. The Bertz CT molecular complexity index is 1650. The highest BCUT2D eigenvalue weighted by atomic mass is 32.2. The minimum Gasteiger partial charge on any atom is -0.325 e. The lowest BCUT2D eigenvalue weighted by Gasteiger charge is -2.30. The molecule has 7 nitrogen and oxygen atoms in total. The van der Waals surface area contributed by atoms with Crippen molar-refractivity contribution in [2.24, 2.45) is 5.92 Å². The standard InChI is InChI=1S/C29H22FN3O4S2/c1-16-7-13-20(14-8-16)33-26(35)23-22(17-5-3-2-4-6-17)25-28(38-24(23)27(33)36)32(29(37)39-25)15-21(34)31-19-11-9-18(30)10-12-19/h2-14,22-24H,15H2,1H3,(H,31,34). The number of thioether (sulfide) groups is 1. The highest BCUT2D eigenvalue weighted by Crippen LogP contribution is 2.53. The van der Waals surface area contributed by atoms with Gasteiger partial charge >= 0.3 is 4.87 Å². The van der Waals surface area contributed by atoms with Gasteiger partial charge in [0, 0.05) is 16.5 Å². The molecule has 39 heavy (non-hydrogen) atoms. The van der Waals surface area contributed by atoms with Gasteiger partial charge in [0.05, 0.1) is 16.6 Å². The van der Waals surface area contributed by atoms with Gasteiger partial charge in [-0.3, -0.25) is 23.7 Å². The van der Waals surface area contributed by atoms with Crippen LogP contribution in [0.2, 0.25) is 0 Å². The molecule has 0 aliphatic carbocycles. The van der Waals surface area contributed by atoms with Gasteiger partial charge in [0.15, 0.2) is 0 Å². The Kier molecular flexibility index (Phi) is 6.44. The van der Waals surface area contributed by atoms with E-state index in [2.05, 4.69) is 5.32 Å². The summed E-state index contributed by atoms with van der Waals surface area (Å²) in [6, 6.07) is 21.9. The van der Waals surface area contributed by atoms with Crippen molar-refractivity contribution < 1.29 is 18.8 Å². The molecule has 3 unspecified atom stereocenters. The Labute approximate surface area is 231 Å². The fourth-order valence-electron chi connectivity index (χ4n) is 5.10. The maximum atomic E-state index is 13.8. The molecule has 196 valence electrons. The lowest BCUT2D eigenvalue weighted by Crippen LogP contribution is -2.33. The van der Waals surface area contributed by atoms with Crippen molar-refractivity contribution in [2.75, 3.05) is 10.2 Å². The molecule has 10 heteroatoms. The number of hydrogen-bond donors (Lipinski definition) is 1. The van der Waals surface area contributed by atoms with Crippen molar-refractivity contribution >= 4 is 52.2 Å². The number of thiazole rings is 1. The summed E-state index contributed by atoms with van der Waals surface area (Å²) in [6.07, 6.45) is 0. The number of amides is 3. The second-order valence-electron chi connectivity index (χ2n) is 9.48. The lowest BCUT2D eigenvalue weighted by molar-refractivity contribution is -0.122. The van der Waals surface area contributed by atoms with E-state index in [0.29, 0.717) is 21.3 Å². The molecule has 3 aromatic carbocycles. The summed E-state index contributed by atoms with van der Waals surface area (Å²) >= 11 is 2.17. The molecule has 3 amide bonds. The minimum absolute atomic E-state index is 0.280. The van der Waals surface area contributed by atoms with Crippen LogP contribution in [0.25, 0.3) is 0 Å². The summed E-state index contributed by atoms with van der Waals surface area (Å²) < 4.78 is 14.6. The third-order valence-electron chi connectivity index (χ3n) is 6.93. The minimum atomic E-state index is -0.753.